The molecule has 2 fully saturated rings. The van der Waals surface area contributed by atoms with E-state index in [0.717, 1.165) is 0 Å². The number of carbonyl (C=O) groups is 1. The van der Waals surface area contributed by atoms with Gasteiger partial charge in [-0.15, -0.1) is 0 Å². The number of benzene rings is 1. The van der Waals surface area contributed by atoms with Crippen LogP contribution >= 0.6 is 27.5 Å². The third kappa shape index (κ3) is 6.28. The second-order valence-corrected chi connectivity index (χ2v) is 13.1. The Morgan fingerprint density at radius 3 is 2.62 bits per heavy atom. The average molecular weight is 623 g/mol. The van der Waals surface area contributed by atoms with Crippen LogP contribution in [0.2, 0.25) is 5.02 Å². The summed E-state index contributed by atoms with van der Waals surface area (Å²) in [6.45, 7) is 10.6. The third-order valence-corrected chi connectivity index (χ3v) is 7.88. The number of amides is 1. The van der Waals surface area contributed by atoms with Crippen molar-refractivity contribution in [2.24, 2.45) is 5.41 Å². The first-order valence-electron chi connectivity index (χ1n) is 13.0. The molecule has 0 radical (unpaired) electrons. The van der Waals surface area contributed by atoms with Gasteiger partial charge in [0.05, 0.1) is 34.3 Å². The van der Waals surface area contributed by atoms with Crippen molar-refractivity contribution >= 4 is 33.4 Å². The summed E-state index contributed by atoms with van der Waals surface area (Å²) in [7, 11) is 0. The highest BCUT2D eigenvalue weighted by Crippen LogP contribution is 2.51. The number of carbonyl (C=O) groups excluding carboxylic acids is 1. The molecule has 2 aromatic rings. The summed E-state index contributed by atoms with van der Waals surface area (Å²) in [5, 5.41) is 17.1. The molecule has 1 aromatic heterocycles. The Labute approximate surface area is 242 Å². The van der Waals surface area contributed by atoms with Gasteiger partial charge in [0.1, 0.15) is 11.2 Å². The summed E-state index contributed by atoms with van der Waals surface area (Å²) in [6.07, 6.45) is 4.01. The van der Waals surface area contributed by atoms with E-state index in [1.165, 1.54) is 6.07 Å². The highest BCUT2D eigenvalue weighted by molar-refractivity contribution is 9.10. The van der Waals surface area contributed by atoms with Crippen molar-refractivity contribution < 1.29 is 18.7 Å². The number of aromatic nitrogens is 2. The standard InChI is InChI=1S/C28H34BrClFN5O3/c1-26(2,3)11-20-28(15-32,25-34-12-16(29)13-35-25)21(18-7-6-8-19(30)22(18)31)23(36-20)24(37)33-10-9-17-14-38-27(4,5)39-17/h6-8,12-13,17,20-21,23,36H,9-11,14H2,1-5H3,(H,33,37)/t17-,20-,21-,23+,28+/m0/s1. The van der Waals surface area contributed by atoms with Crippen LogP contribution in [-0.2, 0) is 19.7 Å². The van der Waals surface area contributed by atoms with Crippen molar-refractivity contribution in [3.05, 3.63) is 57.3 Å². The highest BCUT2D eigenvalue weighted by atomic mass is 79.9. The van der Waals surface area contributed by atoms with Crippen molar-refractivity contribution in [2.45, 2.75) is 82.8 Å². The molecule has 0 unspecified atom stereocenters. The fourth-order valence-electron chi connectivity index (χ4n) is 5.56. The first-order chi connectivity index (χ1) is 18.3. The van der Waals surface area contributed by atoms with Gasteiger partial charge in [-0.05, 0) is 59.7 Å². The van der Waals surface area contributed by atoms with Crippen molar-refractivity contribution in [1.29, 1.82) is 5.26 Å². The molecule has 2 aliphatic rings. The maximum Gasteiger partial charge on any atom is 0.237 e. The van der Waals surface area contributed by atoms with Gasteiger partial charge in [0.2, 0.25) is 5.91 Å². The van der Waals surface area contributed by atoms with Crippen LogP contribution < -0.4 is 10.6 Å². The van der Waals surface area contributed by atoms with Crippen LogP contribution in [0, 0.1) is 22.6 Å². The summed E-state index contributed by atoms with van der Waals surface area (Å²) >= 11 is 9.56. The fourth-order valence-corrected chi connectivity index (χ4v) is 5.95. The molecule has 2 saturated heterocycles. The van der Waals surface area contributed by atoms with Crippen LogP contribution in [0.25, 0.3) is 0 Å². The maximum atomic E-state index is 15.7. The number of nitrogens with one attached hydrogen (secondary N) is 2. The van der Waals surface area contributed by atoms with E-state index in [2.05, 4.69) is 42.6 Å². The van der Waals surface area contributed by atoms with Crippen molar-refractivity contribution in [3.63, 3.8) is 0 Å². The quantitative estimate of drug-likeness (QED) is 0.447. The number of nitriles is 1. The van der Waals surface area contributed by atoms with Gasteiger partial charge in [-0.3, -0.25) is 4.79 Å². The first-order valence-corrected chi connectivity index (χ1v) is 14.1. The molecule has 8 nitrogen and oxygen atoms in total. The molecule has 0 aliphatic carbocycles. The second-order valence-electron chi connectivity index (χ2n) is 11.8. The molecule has 2 aliphatic heterocycles. The smallest absolute Gasteiger partial charge is 0.237 e. The molecule has 5 atom stereocenters. The van der Waals surface area contributed by atoms with Gasteiger partial charge in [0.25, 0.3) is 0 Å². The lowest BCUT2D eigenvalue weighted by Crippen LogP contribution is -2.46. The first kappa shape index (κ1) is 29.8. The SMILES string of the molecule is CC(C)(C)C[C@@H]1N[C@@H](C(=O)NCC[C@H]2COC(C)(C)O2)[C@H](c2cccc(Cl)c2F)[C@]1(C#N)c1ncc(Br)cn1. The molecule has 1 amide bonds. The Hall–Kier alpha value is -2.16. The van der Waals surface area contributed by atoms with Crippen LogP contribution in [0.5, 0.6) is 0 Å². The Balaban J connectivity index is 1.75. The lowest BCUT2D eigenvalue weighted by atomic mass is 9.65. The van der Waals surface area contributed by atoms with Crippen LogP contribution in [0.3, 0.4) is 0 Å². The molecule has 4 rings (SSSR count). The lowest BCUT2D eigenvalue weighted by Gasteiger charge is -2.35. The normalized spacial score (nSPS) is 28.3. The zero-order valence-electron chi connectivity index (χ0n) is 22.7. The fraction of sp³-hybridized carbons (Fsp3) is 0.571. The number of nitrogens with zero attached hydrogens (tertiary/aromatic N) is 3. The van der Waals surface area contributed by atoms with E-state index >= 15 is 4.39 Å². The predicted octanol–water partition coefficient (Wildman–Crippen LogP) is 5.01. The van der Waals surface area contributed by atoms with Gasteiger partial charge in [0.15, 0.2) is 11.6 Å². The predicted molar refractivity (Wildman–Crippen MR) is 148 cm³/mol. The van der Waals surface area contributed by atoms with Crippen LogP contribution in [-0.4, -0.2) is 53.0 Å². The van der Waals surface area contributed by atoms with E-state index in [0.29, 0.717) is 30.5 Å². The molecule has 39 heavy (non-hydrogen) atoms. The summed E-state index contributed by atoms with van der Waals surface area (Å²) in [5.74, 6) is -2.43. The molecule has 0 spiro atoms. The largest absolute Gasteiger partial charge is 0.355 e. The second kappa shape index (κ2) is 11.4. The van der Waals surface area contributed by atoms with Crippen LogP contribution in [0.4, 0.5) is 4.39 Å². The Kier molecular flexibility index (Phi) is 8.70. The zero-order chi connectivity index (χ0) is 28.6. The summed E-state index contributed by atoms with van der Waals surface area (Å²) in [4.78, 5) is 22.8. The third-order valence-electron chi connectivity index (χ3n) is 7.18. The minimum atomic E-state index is -1.46. The van der Waals surface area contributed by atoms with Crippen LogP contribution in [0.1, 0.15) is 64.8 Å². The number of ether oxygens (including phenoxy) is 2. The maximum absolute atomic E-state index is 15.7. The lowest BCUT2D eigenvalue weighted by molar-refractivity contribution is -0.138. The van der Waals surface area contributed by atoms with Gasteiger partial charge >= 0.3 is 0 Å². The Bertz CT molecular complexity index is 1250. The minimum absolute atomic E-state index is 0.0875. The van der Waals surface area contributed by atoms with E-state index in [1.807, 2.05) is 34.6 Å². The van der Waals surface area contributed by atoms with Gasteiger partial charge < -0.3 is 20.1 Å². The van der Waals surface area contributed by atoms with Crippen molar-refractivity contribution in [3.8, 4) is 6.07 Å². The Morgan fingerprint density at radius 1 is 1.33 bits per heavy atom. The monoisotopic (exact) mass is 621 g/mol. The van der Waals surface area contributed by atoms with E-state index in [-0.39, 0.29) is 33.8 Å². The summed E-state index contributed by atoms with van der Waals surface area (Å²) in [5.41, 5.74) is -1.53. The molecule has 0 saturated carbocycles. The minimum Gasteiger partial charge on any atom is -0.355 e. The van der Waals surface area contributed by atoms with E-state index < -0.39 is 35.0 Å². The van der Waals surface area contributed by atoms with Gasteiger partial charge in [0, 0.05) is 30.9 Å². The molecule has 2 N–H and O–H groups in total. The average Bonchev–Trinajstić information content (AvgIpc) is 3.37. The topological polar surface area (TPSA) is 109 Å². The summed E-state index contributed by atoms with van der Waals surface area (Å²) in [6, 6.07) is 5.58. The molecule has 210 valence electrons. The zero-order valence-corrected chi connectivity index (χ0v) is 25.1. The van der Waals surface area contributed by atoms with Crippen molar-refractivity contribution in [2.75, 3.05) is 13.2 Å². The molecule has 11 heteroatoms. The number of hydrogen-bond acceptors (Lipinski definition) is 7. The van der Waals surface area contributed by atoms with Gasteiger partial charge in [-0.25, -0.2) is 14.4 Å². The molecular formula is C28H34BrClFN5O3. The van der Waals surface area contributed by atoms with Gasteiger partial charge in [-0.1, -0.05) is 44.5 Å². The van der Waals surface area contributed by atoms with Crippen molar-refractivity contribution in [1.82, 2.24) is 20.6 Å². The number of halogens is 3. The van der Waals surface area contributed by atoms with E-state index in [4.69, 9.17) is 21.1 Å². The van der Waals surface area contributed by atoms with Gasteiger partial charge in [-0.2, -0.15) is 5.26 Å². The molecule has 3 heterocycles. The summed E-state index contributed by atoms with van der Waals surface area (Å²) < 4.78 is 27.8. The molecule has 1 aromatic carbocycles. The highest BCUT2D eigenvalue weighted by Gasteiger charge is 2.62. The Morgan fingerprint density at radius 2 is 2.03 bits per heavy atom. The molecular weight excluding hydrogens is 589 g/mol. The van der Waals surface area contributed by atoms with E-state index in [1.54, 1.807) is 24.5 Å². The molecule has 0 bridgehead atoms. The van der Waals surface area contributed by atoms with Crippen LogP contribution in [0.15, 0.2) is 35.1 Å². The number of rotatable bonds is 7. The number of hydrogen-bond donors (Lipinski definition) is 2. The van der Waals surface area contributed by atoms with E-state index in [9.17, 15) is 10.1 Å².